The molecule has 0 radical (unpaired) electrons. The van der Waals surface area contributed by atoms with Crippen LogP contribution in [0.25, 0.3) is 0 Å². The Labute approximate surface area is 156 Å². The SMILES string of the molecule is O=C(Nc1ccc(I)cc1)c1cccc(CN2C(=O)CSC2=O)c1. The monoisotopic (exact) mass is 452 g/mol. The van der Waals surface area contributed by atoms with E-state index in [4.69, 9.17) is 0 Å². The number of hydrogen-bond acceptors (Lipinski definition) is 4. The van der Waals surface area contributed by atoms with Crippen LogP contribution >= 0.6 is 34.4 Å². The number of carbonyl (C=O) groups is 3. The van der Waals surface area contributed by atoms with Crippen LogP contribution in [0.2, 0.25) is 0 Å². The van der Waals surface area contributed by atoms with Gasteiger partial charge in [0.25, 0.3) is 11.1 Å². The zero-order chi connectivity index (χ0) is 17.1. The Morgan fingerprint density at radius 1 is 1.17 bits per heavy atom. The minimum atomic E-state index is -0.242. The Morgan fingerprint density at radius 2 is 1.92 bits per heavy atom. The molecule has 1 saturated heterocycles. The fraction of sp³-hybridized carbons (Fsp3) is 0.118. The molecule has 0 atom stereocenters. The molecule has 2 aromatic carbocycles. The smallest absolute Gasteiger partial charge is 0.289 e. The van der Waals surface area contributed by atoms with Gasteiger partial charge in [0.1, 0.15) is 0 Å². The lowest BCUT2D eigenvalue weighted by Crippen LogP contribution is -2.28. The molecular formula is C17H13IN2O3S. The minimum Gasteiger partial charge on any atom is -0.322 e. The van der Waals surface area contributed by atoms with E-state index in [1.165, 1.54) is 4.90 Å². The predicted molar refractivity (Wildman–Crippen MR) is 102 cm³/mol. The molecule has 0 bridgehead atoms. The zero-order valence-electron chi connectivity index (χ0n) is 12.5. The van der Waals surface area contributed by atoms with Crippen LogP contribution in [0, 0.1) is 3.57 Å². The van der Waals surface area contributed by atoms with Crippen LogP contribution in [0.3, 0.4) is 0 Å². The van der Waals surface area contributed by atoms with Crippen molar-refractivity contribution in [2.75, 3.05) is 11.1 Å². The highest BCUT2D eigenvalue weighted by Crippen LogP contribution is 2.21. The van der Waals surface area contributed by atoms with E-state index in [2.05, 4.69) is 27.9 Å². The summed E-state index contributed by atoms with van der Waals surface area (Å²) in [4.78, 5) is 36.9. The summed E-state index contributed by atoms with van der Waals surface area (Å²) in [6, 6.07) is 14.4. The molecule has 0 spiro atoms. The van der Waals surface area contributed by atoms with Crippen LogP contribution in [0.1, 0.15) is 15.9 Å². The Morgan fingerprint density at radius 3 is 2.58 bits per heavy atom. The largest absolute Gasteiger partial charge is 0.322 e. The Hall–Kier alpha value is -1.87. The molecule has 1 aliphatic rings. The maximum atomic E-state index is 12.4. The molecule has 122 valence electrons. The summed E-state index contributed by atoms with van der Waals surface area (Å²) in [6.07, 6.45) is 0. The second kappa shape index (κ2) is 7.35. The molecule has 1 fully saturated rings. The van der Waals surface area contributed by atoms with E-state index in [0.29, 0.717) is 11.3 Å². The van der Waals surface area contributed by atoms with Gasteiger partial charge in [-0.05, 0) is 64.6 Å². The summed E-state index contributed by atoms with van der Waals surface area (Å²) in [5, 5.41) is 2.59. The summed E-state index contributed by atoms with van der Waals surface area (Å²) >= 11 is 3.20. The maximum absolute atomic E-state index is 12.4. The van der Waals surface area contributed by atoms with Gasteiger partial charge in [-0.15, -0.1) is 0 Å². The minimum absolute atomic E-state index is 0.186. The maximum Gasteiger partial charge on any atom is 0.289 e. The highest BCUT2D eigenvalue weighted by molar-refractivity contribution is 14.1. The average Bonchev–Trinajstić information content (AvgIpc) is 2.89. The molecule has 1 aliphatic heterocycles. The van der Waals surface area contributed by atoms with Gasteiger partial charge in [0.05, 0.1) is 12.3 Å². The first-order valence-electron chi connectivity index (χ1n) is 7.16. The molecular weight excluding hydrogens is 439 g/mol. The van der Waals surface area contributed by atoms with E-state index in [9.17, 15) is 14.4 Å². The van der Waals surface area contributed by atoms with Crippen molar-refractivity contribution in [3.63, 3.8) is 0 Å². The molecule has 0 unspecified atom stereocenters. The molecule has 3 amide bonds. The first kappa shape index (κ1) is 17.0. The topological polar surface area (TPSA) is 66.5 Å². The number of benzene rings is 2. The molecule has 5 nitrogen and oxygen atoms in total. The second-order valence-electron chi connectivity index (χ2n) is 5.20. The normalized spacial score (nSPS) is 14.1. The van der Waals surface area contributed by atoms with Crippen LogP contribution < -0.4 is 5.32 Å². The number of thioether (sulfide) groups is 1. The van der Waals surface area contributed by atoms with Gasteiger partial charge < -0.3 is 5.32 Å². The van der Waals surface area contributed by atoms with Crippen molar-refractivity contribution < 1.29 is 14.4 Å². The van der Waals surface area contributed by atoms with Gasteiger partial charge in [-0.3, -0.25) is 19.3 Å². The first-order chi connectivity index (χ1) is 11.5. The Balaban J connectivity index is 1.72. The number of anilines is 1. The number of nitrogens with one attached hydrogen (secondary N) is 1. The van der Waals surface area contributed by atoms with Gasteiger partial charge in [-0.1, -0.05) is 23.9 Å². The van der Waals surface area contributed by atoms with Crippen molar-refractivity contribution in [2.45, 2.75) is 6.54 Å². The number of amides is 3. The number of hydrogen-bond donors (Lipinski definition) is 1. The summed E-state index contributed by atoms with van der Waals surface area (Å²) in [5.74, 6) is -0.239. The number of imide groups is 1. The van der Waals surface area contributed by atoms with Crippen molar-refractivity contribution in [1.29, 1.82) is 0 Å². The Bertz CT molecular complexity index is 792. The molecule has 24 heavy (non-hydrogen) atoms. The lowest BCUT2D eigenvalue weighted by atomic mass is 10.1. The molecule has 0 aliphatic carbocycles. The van der Waals surface area contributed by atoms with Gasteiger partial charge in [0, 0.05) is 14.8 Å². The lowest BCUT2D eigenvalue weighted by molar-refractivity contribution is -0.125. The second-order valence-corrected chi connectivity index (χ2v) is 7.37. The fourth-order valence-electron chi connectivity index (χ4n) is 2.26. The fourth-order valence-corrected chi connectivity index (χ4v) is 3.35. The molecule has 1 heterocycles. The van der Waals surface area contributed by atoms with Crippen molar-refractivity contribution in [3.05, 3.63) is 63.2 Å². The summed E-state index contributed by atoms with van der Waals surface area (Å²) < 4.78 is 1.09. The van der Waals surface area contributed by atoms with E-state index >= 15 is 0 Å². The van der Waals surface area contributed by atoms with Gasteiger partial charge in [0.15, 0.2) is 0 Å². The van der Waals surface area contributed by atoms with Gasteiger partial charge >= 0.3 is 0 Å². The number of nitrogens with zero attached hydrogens (tertiary/aromatic N) is 1. The highest BCUT2D eigenvalue weighted by atomic mass is 127. The number of rotatable bonds is 4. The van der Waals surface area contributed by atoms with E-state index in [-0.39, 0.29) is 29.4 Å². The molecule has 3 rings (SSSR count). The summed E-state index contributed by atoms with van der Waals surface area (Å²) in [5.41, 5.74) is 1.94. The quantitative estimate of drug-likeness (QED) is 0.719. The molecule has 1 N–H and O–H groups in total. The van der Waals surface area contributed by atoms with E-state index in [1.807, 2.05) is 24.3 Å². The number of halogens is 1. The molecule has 0 aromatic heterocycles. The third-order valence-corrected chi connectivity index (χ3v) is 5.05. The van der Waals surface area contributed by atoms with Gasteiger partial charge in [-0.2, -0.15) is 0 Å². The van der Waals surface area contributed by atoms with Crippen LogP contribution in [0.4, 0.5) is 10.5 Å². The van der Waals surface area contributed by atoms with Gasteiger partial charge in [0.2, 0.25) is 5.91 Å². The Kier molecular flexibility index (Phi) is 5.20. The van der Waals surface area contributed by atoms with Crippen LogP contribution in [-0.2, 0) is 11.3 Å². The van der Waals surface area contributed by atoms with E-state index < -0.39 is 0 Å². The van der Waals surface area contributed by atoms with Gasteiger partial charge in [-0.25, -0.2) is 0 Å². The molecule has 0 saturated carbocycles. The van der Waals surface area contributed by atoms with E-state index in [1.54, 1.807) is 24.3 Å². The lowest BCUT2D eigenvalue weighted by Gasteiger charge is -2.13. The predicted octanol–water partition coefficient (Wildman–Crippen LogP) is 3.74. The van der Waals surface area contributed by atoms with Crippen molar-refractivity contribution in [3.8, 4) is 0 Å². The summed E-state index contributed by atoms with van der Waals surface area (Å²) in [7, 11) is 0. The van der Waals surface area contributed by atoms with Crippen LogP contribution in [0.15, 0.2) is 48.5 Å². The third-order valence-electron chi connectivity index (χ3n) is 3.47. The molecule has 2 aromatic rings. The van der Waals surface area contributed by atoms with E-state index in [0.717, 1.165) is 20.9 Å². The highest BCUT2D eigenvalue weighted by Gasteiger charge is 2.29. The average molecular weight is 452 g/mol. The van der Waals surface area contributed by atoms with Crippen LogP contribution in [0.5, 0.6) is 0 Å². The van der Waals surface area contributed by atoms with Crippen molar-refractivity contribution in [1.82, 2.24) is 4.90 Å². The van der Waals surface area contributed by atoms with Crippen molar-refractivity contribution in [2.24, 2.45) is 0 Å². The van der Waals surface area contributed by atoms with Crippen LogP contribution in [-0.4, -0.2) is 27.7 Å². The van der Waals surface area contributed by atoms with Crippen molar-refractivity contribution >= 4 is 57.1 Å². The third kappa shape index (κ3) is 3.96. The summed E-state index contributed by atoms with van der Waals surface area (Å²) in [6.45, 7) is 0.190. The standard InChI is InChI=1S/C17H13IN2O3S/c18-13-4-6-14(7-5-13)19-16(22)12-3-1-2-11(8-12)9-20-15(21)10-24-17(20)23/h1-8H,9-10H2,(H,19,22). The number of carbonyl (C=O) groups excluding carboxylic acids is 3. The molecule has 7 heteroatoms. The zero-order valence-corrected chi connectivity index (χ0v) is 15.5. The first-order valence-corrected chi connectivity index (χ1v) is 9.22.